The van der Waals surface area contributed by atoms with E-state index in [2.05, 4.69) is 25.3 Å². The Morgan fingerprint density at radius 1 is 1.04 bits per heavy atom. The van der Waals surface area contributed by atoms with Gasteiger partial charge in [0.2, 0.25) is 17.8 Å². The van der Waals surface area contributed by atoms with E-state index in [0.717, 1.165) is 11.3 Å². The van der Waals surface area contributed by atoms with Gasteiger partial charge in [0.15, 0.2) is 0 Å². The van der Waals surface area contributed by atoms with Crippen molar-refractivity contribution in [3.63, 3.8) is 0 Å². The first-order chi connectivity index (χ1) is 13.0. The second-order valence-electron chi connectivity index (χ2n) is 6.16. The third-order valence-corrected chi connectivity index (χ3v) is 4.15. The SMILES string of the molecule is CCc1nc2ccc(F)cc2n1-c1nc(N)nc(Nc2ccc(C)cc2)n1. The summed E-state index contributed by atoms with van der Waals surface area (Å²) in [5.74, 6) is 1.02. The molecule has 0 atom stereocenters. The Balaban J connectivity index is 1.82. The van der Waals surface area contributed by atoms with Crippen LogP contribution in [0.3, 0.4) is 0 Å². The normalized spacial score (nSPS) is 11.1. The molecule has 0 spiro atoms. The lowest BCUT2D eigenvalue weighted by molar-refractivity contribution is 0.629. The van der Waals surface area contributed by atoms with Crippen molar-refractivity contribution in [2.75, 3.05) is 11.1 Å². The molecule has 4 rings (SSSR count). The summed E-state index contributed by atoms with van der Waals surface area (Å²) in [5, 5.41) is 3.12. The number of imidazole rings is 1. The number of halogens is 1. The summed E-state index contributed by atoms with van der Waals surface area (Å²) in [4.78, 5) is 17.4. The molecule has 2 aromatic carbocycles. The molecule has 2 heterocycles. The van der Waals surface area contributed by atoms with Gasteiger partial charge in [-0.3, -0.25) is 4.57 Å². The van der Waals surface area contributed by atoms with Gasteiger partial charge >= 0.3 is 0 Å². The summed E-state index contributed by atoms with van der Waals surface area (Å²) >= 11 is 0. The van der Waals surface area contributed by atoms with E-state index in [1.165, 1.54) is 12.1 Å². The van der Waals surface area contributed by atoms with Gasteiger partial charge in [-0.1, -0.05) is 24.6 Å². The zero-order valence-electron chi connectivity index (χ0n) is 14.9. The van der Waals surface area contributed by atoms with Gasteiger partial charge < -0.3 is 11.1 Å². The van der Waals surface area contributed by atoms with Gasteiger partial charge in [-0.2, -0.15) is 15.0 Å². The Morgan fingerprint density at radius 3 is 2.56 bits per heavy atom. The molecule has 7 nitrogen and oxygen atoms in total. The van der Waals surface area contributed by atoms with Crippen molar-refractivity contribution in [1.82, 2.24) is 24.5 Å². The second-order valence-corrected chi connectivity index (χ2v) is 6.16. The van der Waals surface area contributed by atoms with Crippen molar-refractivity contribution in [2.24, 2.45) is 0 Å². The average molecular weight is 363 g/mol. The number of nitrogens with zero attached hydrogens (tertiary/aromatic N) is 5. The molecule has 8 heteroatoms. The number of aryl methyl sites for hydroxylation is 2. The first-order valence-electron chi connectivity index (χ1n) is 8.56. The molecule has 2 aromatic heterocycles. The Bertz CT molecular complexity index is 1120. The Labute approximate surface area is 155 Å². The Morgan fingerprint density at radius 2 is 1.81 bits per heavy atom. The molecule has 136 valence electrons. The molecule has 4 aromatic rings. The highest BCUT2D eigenvalue weighted by atomic mass is 19.1. The fraction of sp³-hybridized carbons (Fsp3) is 0.158. The number of nitrogens with two attached hydrogens (primary N) is 1. The van der Waals surface area contributed by atoms with Crippen molar-refractivity contribution < 1.29 is 4.39 Å². The number of benzene rings is 2. The molecular weight excluding hydrogens is 345 g/mol. The molecule has 3 N–H and O–H groups in total. The van der Waals surface area contributed by atoms with Crippen molar-refractivity contribution in [2.45, 2.75) is 20.3 Å². The quantitative estimate of drug-likeness (QED) is 0.576. The molecule has 0 aliphatic carbocycles. The fourth-order valence-corrected chi connectivity index (χ4v) is 2.86. The highest BCUT2D eigenvalue weighted by Gasteiger charge is 2.16. The maximum atomic E-state index is 13.8. The van der Waals surface area contributed by atoms with E-state index in [9.17, 15) is 4.39 Å². The topological polar surface area (TPSA) is 94.5 Å². The van der Waals surface area contributed by atoms with Crippen molar-refractivity contribution in [3.8, 4) is 5.95 Å². The van der Waals surface area contributed by atoms with Gasteiger partial charge in [0, 0.05) is 18.2 Å². The molecule has 0 bridgehead atoms. The summed E-state index contributed by atoms with van der Waals surface area (Å²) < 4.78 is 15.5. The van der Waals surface area contributed by atoms with E-state index >= 15 is 0 Å². The Hall–Kier alpha value is -3.55. The average Bonchev–Trinajstić information content (AvgIpc) is 3.01. The van der Waals surface area contributed by atoms with E-state index in [-0.39, 0.29) is 11.8 Å². The number of hydrogen-bond acceptors (Lipinski definition) is 6. The van der Waals surface area contributed by atoms with Crippen LogP contribution in [0.5, 0.6) is 0 Å². The first kappa shape index (κ1) is 16.9. The fourth-order valence-electron chi connectivity index (χ4n) is 2.86. The number of anilines is 3. The van der Waals surface area contributed by atoms with Crippen LogP contribution in [0.15, 0.2) is 42.5 Å². The minimum absolute atomic E-state index is 0.0647. The number of fused-ring (bicyclic) bond motifs is 1. The molecule has 27 heavy (non-hydrogen) atoms. The molecule has 0 saturated carbocycles. The summed E-state index contributed by atoms with van der Waals surface area (Å²) in [6.07, 6.45) is 0.628. The van der Waals surface area contributed by atoms with Crippen LogP contribution < -0.4 is 11.1 Å². The third-order valence-electron chi connectivity index (χ3n) is 4.15. The van der Waals surface area contributed by atoms with Crippen LogP contribution >= 0.6 is 0 Å². The van der Waals surface area contributed by atoms with E-state index in [0.29, 0.717) is 35.2 Å². The smallest absolute Gasteiger partial charge is 0.242 e. The number of nitrogen functional groups attached to an aromatic ring is 1. The molecule has 0 fully saturated rings. The molecule has 0 amide bonds. The van der Waals surface area contributed by atoms with E-state index in [1.807, 2.05) is 38.1 Å². The van der Waals surface area contributed by atoms with Crippen LogP contribution in [-0.4, -0.2) is 24.5 Å². The molecule has 0 aliphatic rings. The maximum Gasteiger partial charge on any atom is 0.242 e. The maximum absolute atomic E-state index is 13.8. The van der Waals surface area contributed by atoms with Crippen molar-refractivity contribution >= 4 is 28.6 Å². The van der Waals surface area contributed by atoms with Gasteiger partial charge in [-0.25, -0.2) is 9.37 Å². The minimum atomic E-state index is -0.355. The van der Waals surface area contributed by atoms with Crippen LogP contribution in [0.1, 0.15) is 18.3 Å². The lowest BCUT2D eigenvalue weighted by atomic mass is 10.2. The first-order valence-corrected chi connectivity index (χ1v) is 8.56. The molecule has 0 aliphatic heterocycles. The largest absolute Gasteiger partial charge is 0.368 e. The van der Waals surface area contributed by atoms with Crippen molar-refractivity contribution in [1.29, 1.82) is 0 Å². The highest BCUT2D eigenvalue weighted by molar-refractivity contribution is 5.77. The van der Waals surface area contributed by atoms with Crippen LogP contribution in [0.4, 0.5) is 22.0 Å². The van der Waals surface area contributed by atoms with E-state index < -0.39 is 0 Å². The van der Waals surface area contributed by atoms with Crippen LogP contribution in [0.2, 0.25) is 0 Å². The lowest BCUT2D eigenvalue weighted by Gasteiger charge is -2.10. The van der Waals surface area contributed by atoms with Crippen LogP contribution in [0.25, 0.3) is 17.0 Å². The zero-order valence-corrected chi connectivity index (χ0v) is 14.9. The summed E-state index contributed by atoms with van der Waals surface area (Å²) in [7, 11) is 0. The summed E-state index contributed by atoms with van der Waals surface area (Å²) in [6, 6.07) is 12.2. The van der Waals surface area contributed by atoms with E-state index in [4.69, 9.17) is 5.73 Å². The second kappa shape index (κ2) is 6.64. The molecule has 0 saturated heterocycles. The zero-order chi connectivity index (χ0) is 19.0. The van der Waals surface area contributed by atoms with Gasteiger partial charge in [-0.05, 0) is 31.2 Å². The van der Waals surface area contributed by atoms with Gasteiger partial charge in [0.05, 0.1) is 11.0 Å². The predicted molar refractivity (Wildman–Crippen MR) is 103 cm³/mol. The molecular formula is C19H18FN7. The van der Waals surface area contributed by atoms with Gasteiger partial charge in [0.1, 0.15) is 11.6 Å². The van der Waals surface area contributed by atoms with Crippen LogP contribution in [-0.2, 0) is 6.42 Å². The van der Waals surface area contributed by atoms with E-state index in [1.54, 1.807) is 10.6 Å². The lowest BCUT2D eigenvalue weighted by Crippen LogP contribution is -2.11. The summed E-state index contributed by atoms with van der Waals surface area (Å²) in [5.41, 5.74) is 9.12. The highest BCUT2D eigenvalue weighted by Crippen LogP contribution is 2.23. The third kappa shape index (κ3) is 3.29. The summed E-state index contributed by atoms with van der Waals surface area (Å²) in [6.45, 7) is 3.97. The van der Waals surface area contributed by atoms with Gasteiger partial charge in [-0.15, -0.1) is 0 Å². The van der Waals surface area contributed by atoms with Crippen molar-refractivity contribution in [3.05, 3.63) is 59.7 Å². The molecule has 0 radical (unpaired) electrons. The predicted octanol–water partition coefficient (Wildman–Crippen LogP) is 3.55. The number of rotatable bonds is 4. The van der Waals surface area contributed by atoms with Gasteiger partial charge in [0.25, 0.3) is 0 Å². The number of aromatic nitrogens is 5. The number of nitrogens with one attached hydrogen (secondary N) is 1. The van der Waals surface area contributed by atoms with Crippen LogP contribution in [0, 0.1) is 12.7 Å². The standard InChI is InChI=1S/C19H18FN7/c1-3-16-23-14-9-6-12(20)10-15(14)27(16)19-25-17(21)24-18(26-19)22-13-7-4-11(2)5-8-13/h4-10H,3H2,1-2H3,(H3,21,22,24,25,26). The Kier molecular flexibility index (Phi) is 4.15. The minimum Gasteiger partial charge on any atom is -0.368 e. The molecule has 0 unspecified atom stereocenters. The number of hydrogen-bond donors (Lipinski definition) is 2. The monoisotopic (exact) mass is 363 g/mol.